The number of amides is 1. The van der Waals surface area contributed by atoms with Gasteiger partial charge < -0.3 is 14.8 Å². The van der Waals surface area contributed by atoms with Gasteiger partial charge in [-0.2, -0.15) is 0 Å². The molecule has 1 N–H and O–H groups in total. The minimum Gasteiger partial charge on any atom is -0.489 e. The third-order valence-electron chi connectivity index (χ3n) is 5.15. The zero-order valence-corrected chi connectivity index (χ0v) is 16.2. The second-order valence-electron chi connectivity index (χ2n) is 7.38. The fraction of sp³-hybridized carbons (Fsp3) is 0.435. The van der Waals surface area contributed by atoms with Crippen LogP contribution in [0.1, 0.15) is 45.1 Å². The fourth-order valence-electron chi connectivity index (χ4n) is 3.80. The first kappa shape index (κ1) is 19.4. The van der Waals surface area contributed by atoms with E-state index in [-0.39, 0.29) is 5.91 Å². The Kier molecular flexibility index (Phi) is 6.51. The van der Waals surface area contributed by atoms with Crippen LogP contribution in [0.4, 0.5) is 5.69 Å². The minimum atomic E-state index is -0.700. The molecular weight excluding hydrogens is 338 g/mol. The molecule has 1 aliphatic rings. The molecule has 0 aromatic heterocycles. The van der Waals surface area contributed by atoms with Gasteiger partial charge in [0.15, 0.2) is 0 Å². The van der Waals surface area contributed by atoms with Crippen molar-refractivity contribution in [1.29, 1.82) is 0 Å². The summed E-state index contributed by atoms with van der Waals surface area (Å²) >= 11 is 0. The van der Waals surface area contributed by atoms with E-state index >= 15 is 0 Å². The number of rotatable bonds is 7. The van der Waals surface area contributed by atoms with Crippen LogP contribution in [0.3, 0.4) is 0 Å². The lowest BCUT2D eigenvalue weighted by atomic mass is 9.78. The van der Waals surface area contributed by atoms with Gasteiger partial charge in [-0.05, 0) is 61.9 Å². The van der Waals surface area contributed by atoms with Crippen LogP contribution < -0.4 is 10.1 Å². The van der Waals surface area contributed by atoms with Crippen molar-refractivity contribution in [3.05, 3.63) is 60.2 Å². The second kappa shape index (κ2) is 9.05. The first-order valence-corrected chi connectivity index (χ1v) is 9.83. The van der Waals surface area contributed by atoms with Gasteiger partial charge in [-0.25, -0.2) is 0 Å². The first-order valence-electron chi connectivity index (χ1n) is 9.83. The van der Waals surface area contributed by atoms with Crippen molar-refractivity contribution in [2.75, 3.05) is 11.9 Å². The van der Waals surface area contributed by atoms with Crippen LogP contribution in [-0.2, 0) is 16.1 Å². The van der Waals surface area contributed by atoms with Gasteiger partial charge >= 0.3 is 0 Å². The highest BCUT2D eigenvalue weighted by atomic mass is 16.5. The third-order valence-corrected chi connectivity index (χ3v) is 5.15. The number of anilines is 1. The summed E-state index contributed by atoms with van der Waals surface area (Å²) in [5.41, 5.74) is 1.19. The molecule has 0 spiro atoms. The molecule has 0 heterocycles. The third kappa shape index (κ3) is 5.10. The lowest BCUT2D eigenvalue weighted by Crippen LogP contribution is -2.48. The number of hydrogen-bond acceptors (Lipinski definition) is 3. The number of carbonyl (C=O) groups excluding carboxylic acids is 1. The molecule has 0 radical (unpaired) electrons. The molecule has 2 atom stereocenters. The molecular formula is C23H29NO3. The molecule has 1 fully saturated rings. The maximum Gasteiger partial charge on any atom is 0.256 e. The normalized spacial score (nSPS) is 22.2. The predicted molar refractivity (Wildman–Crippen MR) is 108 cm³/mol. The SMILES string of the molecule is CCO[C@@]1(C(=O)Nc2ccc(OCc3ccccc3)cc2)CCC[C@H](C)C1. The van der Waals surface area contributed by atoms with E-state index in [0.29, 0.717) is 19.1 Å². The van der Waals surface area contributed by atoms with Crippen LogP contribution in [0.15, 0.2) is 54.6 Å². The Morgan fingerprint density at radius 3 is 2.56 bits per heavy atom. The molecule has 3 rings (SSSR count). The van der Waals surface area contributed by atoms with Crippen molar-refractivity contribution in [2.24, 2.45) is 5.92 Å². The van der Waals surface area contributed by atoms with Gasteiger partial charge in [0.2, 0.25) is 0 Å². The molecule has 1 saturated carbocycles. The number of carbonyl (C=O) groups is 1. The summed E-state index contributed by atoms with van der Waals surface area (Å²) in [6.07, 6.45) is 3.76. The molecule has 27 heavy (non-hydrogen) atoms. The Morgan fingerprint density at radius 1 is 1.15 bits per heavy atom. The van der Waals surface area contributed by atoms with E-state index in [4.69, 9.17) is 9.47 Å². The van der Waals surface area contributed by atoms with Crippen molar-refractivity contribution >= 4 is 11.6 Å². The maximum atomic E-state index is 13.0. The van der Waals surface area contributed by atoms with Gasteiger partial charge in [0.1, 0.15) is 18.0 Å². The Morgan fingerprint density at radius 2 is 1.89 bits per heavy atom. The molecule has 0 aliphatic heterocycles. The topological polar surface area (TPSA) is 47.6 Å². The van der Waals surface area contributed by atoms with Gasteiger partial charge in [0.05, 0.1) is 0 Å². The van der Waals surface area contributed by atoms with E-state index in [2.05, 4.69) is 12.2 Å². The Bertz CT molecular complexity index is 725. The van der Waals surface area contributed by atoms with E-state index in [1.54, 1.807) is 0 Å². The Balaban J connectivity index is 1.60. The fourth-order valence-corrected chi connectivity index (χ4v) is 3.80. The molecule has 4 heteroatoms. The van der Waals surface area contributed by atoms with Crippen LogP contribution >= 0.6 is 0 Å². The van der Waals surface area contributed by atoms with Gasteiger partial charge in [-0.1, -0.05) is 43.7 Å². The predicted octanol–water partition coefficient (Wildman–Crippen LogP) is 5.19. The smallest absolute Gasteiger partial charge is 0.256 e. The molecule has 1 amide bonds. The van der Waals surface area contributed by atoms with Crippen LogP contribution in [0.25, 0.3) is 0 Å². The van der Waals surface area contributed by atoms with E-state index < -0.39 is 5.60 Å². The van der Waals surface area contributed by atoms with Gasteiger partial charge in [0, 0.05) is 12.3 Å². The van der Waals surface area contributed by atoms with E-state index in [0.717, 1.165) is 42.7 Å². The molecule has 4 nitrogen and oxygen atoms in total. The number of ether oxygens (including phenoxy) is 2. The Hall–Kier alpha value is -2.33. The summed E-state index contributed by atoms with van der Waals surface area (Å²) in [6.45, 7) is 5.22. The monoisotopic (exact) mass is 367 g/mol. The molecule has 1 aliphatic carbocycles. The standard InChI is InChI=1S/C23H29NO3/c1-3-27-23(15-7-8-18(2)16-23)22(25)24-20-11-13-21(14-12-20)26-17-19-9-5-4-6-10-19/h4-6,9-14,18H,3,7-8,15-17H2,1-2H3,(H,24,25)/t18-,23-/m0/s1. The first-order chi connectivity index (χ1) is 13.1. The number of hydrogen-bond donors (Lipinski definition) is 1. The van der Waals surface area contributed by atoms with Crippen LogP contribution in [-0.4, -0.2) is 18.1 Å². The van der Waals surface area contributed by atoms with Gasteiger partial charge in [-0.3, -0.25) is 4.79 Å². The Labute approximate surface area is 161 Å². The zero-order chi connectivity index (χ0) is 19.1. The van der Waals surface area contributed by atoms with Crippen molar-refractivity contribution in [1.82, 2.24) is 0 Å². The van der Waals surface area contributed by atoms with Gasteiger partial charge in [0.25, 0.3) is 5.91 Å². The van der Waals surface area contributed by atoms with Crippen molar-refractivity contribution in [3.8, 4) is 5.75 Å². The average molecular weight is 367 g/mol. The summed E-state index contributed by atoms with van der Waals surface area (Å²) in [7, 11) is 0. The number of nitrogens with one attached hydrogen (secondary N) is 1. The molecule has 2 aromatic rings. The molecule has 2 aromatic carbocycles. The van der Waals surface area contributed by atoms with Crippen LogP contribution in [0.5, 0.6) is 5.75 Å². The van der Waals surface area contributed by atoms with Crippen molar-refractivity contribution in [2.45, 2.75) is 51.7 Å². The minimum absolute atomic E-state index is 0.0335. The summed E-state index contributed by atoms with van der Waals surface area (Å²) in [4.78, 5) is 13.0. The molecule has 0 saturated heterocycles. The summed E-state index contributed by atoms with van der Waals surface area (Å²) < 4.78 is 11.8. The van der Waals surface area contributed by atoms with Crippen molar-refractivity contribution < 1.29 is 14.3 Å². The van der Waals surface area contributed by atoms with E-state index in [1.165, 1.54) is 0 Å². The maximum absolute atomic E-state index is 13.0. The lowest BCUT2D eigenvalue weighted by Gasteiger charge is -2.38. The largest absolute Gasteiger partial charge is 0.489 e. The second-order valence-corrected chi connectivity index (χ2v) is 7.38. The highest BCUT2D eigenvalue weighted by molar-refractivity contribution is 5.97. The van der Waals surface area contributed by atoms with Crippen LogP contribution in [0.2, 0.25) is 0 Å². The number of benzene rings is 2. The van der Waals surface area contributed by atoms with E-state index in [1.807, 2.05) is 61.5 Å². The highest BCUT2D eigenvalue weighted by Crippen LogP contribution is 2.36. The molecule has 0 bridgehead atoms. The summed E-state index contributed by atoms with van der Waals surface area (Å²) in [6, 6.07) is 17.6. The summed E-state index contributed by atoms with van der Waals surface area (Å²) in [5.74, 6) is 1.25. The lowest BCUT2D eigenvalue weighted by molar-refractivity contribution is -0.147. The van der Waals surface area contributed by atoms with Crippen molar-refractivity contribution in [3.63, 3.8) is 0 Å². The molecule has 144 valence electrons. The molecule has 0 unspecified atom stereocenters. The van der Waals surface area contributed by atoms with E-state index in [9.17, 15) is 4.79 Å². The summed E-state index contributed by atoms with van der Waals surface area (Å²) in [5, 5.41) is 3.04. The highest BCUT2D eigenvalue weighted by Gasteiger charge is 2.42. The van der Waals surface area contributed by atoms with Gasteiger partial charge in [-0.15, -0.1) is 0 Å². The quantitative estimate of drug-likeness (QED) is 0.732. The van der Waals surface area contributed by atoms with Crippen LogP contribution in [0, 0.1) is 5.92 Å². The average Bonchev–Trinajstić information content (AvgIpc) is 2.68. The zero-order valence-electron chi connectivity index (χ0n) is 16.2.